The highest BCUT2D eigenvalue weighted by molar-refractivity contribution is 7.41. The Morgan fingerprint density at radius 1 is 0.714 bits per heavy atom. The van der Waals surface area contributed by atoms with Crippen molar-refractivity contribution >= 4 is 8.03 Å². The first-order chi connectivity index (χ1) is 10.3. The Morgan fingerprint density at radius 2 is 1.10 bits per heavy atom. The van der Waals surface area contributed by atoms with Crippen LogP contribution in [0, 0.1) is 0 Å². The molecule has 0 aliphatic rings. The third-order valence-electron chi connectivity index (χ3n) is 3.96. The molecular weight excluding hydrogens is 279 g/mol. The van der Waals surface area contributed by atoms with Crippen molar-refractivity contribution in [3.63, 3.8) is 0 Å². The molecule has 0 rings (SSSR count). The van der Waals surface area contributed by atoms with Gasteiger partial charge in [-0.2, -0.15) is 4.89 Å². The van der Waals surface area contributed by atoms with E-state index in [1.165, 1.54) is 89.3 Å². The fraction of sp³-hybridized carbons (Fsp3) is 0.889. The minimum absolute atomic E-state index is 0.944. The van der Waals surface area contributed by atoms with Crippen LogP contribution < -0.4 is 0 Å². The van der Waals surface area contributed by atoms with Crippen molar-refractivity contribution < 1.29 is 9.46 Å². The summed E-state index contributed by atoms with van der Waals surface area (Å²) in [6, 6.07) is 0. The number of hydrogen-bond donors (Lipinski definition) is 1. The van der Waals surface area contributed by atoms with Crippen molar-refractivity contribution in [1.29, 1.82) is 0 Å². The van der Waals surface area contributed by atoms with Crippen molar-refractivity contribution in [3.05, 3.63) is 11.9 Å². The quantitative estimate of drug-likeness (QED) is 0.243. The van der Waals surface area contributed by atoms with Crippen LogP contribution in [0.4, 0.5) is 0 Å². The van der Waals surface area contributed by atoms with Crippen LogP contribution in [0.25, 0.3) is 0 Å². The Labute approximate surface area is 133 Å². The van der Waals surface area contributed by atoms with E-state index < -0.39 is 8.03 Å². The van der Waals surface area contributed by atoms with Gasteiger partial charge in [0.05, 0.1) is 0 Å². The van der Waals surface area contributed by atoms with E-state index in [0.29, 0.717) is 0 Å². The zero-order valence-electron chi connectivity index (χ0n) is 14.1. The molecule has 0 aromatic heterocycles. The maximum absolute atomic E-state index is 10.4. The van der Waals surface area contributed by atoms with Crippen molar-refractivity contribution in [2.75, 3.05) is 0 Å². The van der Waals surface area contributed by atoms with Crippen molar-refractivity contribution in [3.8, 4) is 0 Å². The topological polar surface area (TPSA) is 37.3 Å². The van der Waals surface area contributed by atoms with E-state index in [-0.39, 0.29) is 0 Å². The molecule has 21 heavy (non-hydrogen) atoms. The molecule has 0 radical (unpaired) electrons. The Hall–Kier alpha value is -0.200. The summed E-state index contributed by atoms with van der Waals surface area (Å²) in [4.78, 5) is 8.59. The molecule has 124 valence electrons. The maximum atomic E-state index is 10.4. The van der Waals surface area contributed by atoms with Crippen molar-refractivity contribution in [2.24, 2.45) is 0 Å². The average molecular weight is 315 g/mol. The molecule has 1 atom stereocenters. The first kappa shape index (κ1) is 20.8. The van der Waals surface area contributed by atoms with E-state index in [4.69, 9.17) is 4.89 Å². The third-order valence-corrected chi connectivity index (χ3v) is 4.42. The van der Waals surface area contributed by atoms with Crippen molar-refractivity contribution in [1.82, 2.24) is 0 Å². The first-order valence-electron chi connectivity index (χ1n) is 9.09. The van der Waals surface area contributed by atoms with Gasteiger partial charge < -0.3 is 0 Å². The van der Waals surface area contributed by atoms with Crippen LogP contribution in [0.2, 0.25) is 0 Å². The molecular formula is C18H36O2P+. The van der Waals surface area contributed by atoms with E-state index in [9.17, 15) is 4.57 Å². The normalized spacial score (nSPS) is 12.2. The summed E-state index contributed by atoms with van der Waals surface area (Å²) < 4.78 is 10.4. The number of allylic oxidation sites excluding steroid dienone is 1. The molecule has 0 bridgehead atoms. The minimum atomic E-state index is -2.07. The van der Waals surface area contributed by atoms with E-state index in [2.05, 4.69) is 6.92 Å². The predicted molar refractivity (Wildman–Crippen MR) is 93.9 cm³/mol. The standard InChI is InChI=1S/C18H35O2P/c1-2-3-4-5-6-7-8-9-10-11-12-13-14-15-16-17-18-21(19)20/h17-18H,2-16H2,1H3/p+1. The molecule has 0 amide bonds. The Balaban J connectivity index is 3.01. The Bertz CT molecular complexity index is 252. The molecule has 2 nitrogen and oxygen atoms in total. The summed E-state index contributed by atoms with van der Waals surface area (Å²) in [6.07, 6.45) is 22.0. The van der Waals surface area contributed by atoms with E-state index in [0.717, 1.165) is 12.8 Å². The lowest BCUT2D eigenvalue weighted by Gasteiger charge is -2.02. The summed E-state index contributed by atoms with van der Waals surface area (Å²) in [6.45, 7) is 2.27. The van der Waals surface area contributed by atoms with Crippen LogP contribution in [0.1, 0.15) is 103 Å². The smallest absolute Gasteiger partial charge is 0.157 e. The van der Waals surface area contributed by atoms with Gasteiger partial charge in [-0.25, -0.2) is 0 Å². The first-order valence-corrected chi connectivity index (χ1v) is 10.4. The van der Waals surface area contributed by atoms with Gasteiger partial charge >= 0.3 is 8.03 Å². The fourth-order valence-electron chi connectivity index (χ4n) is 2.62. The second kappa shape index (κ2) is 17.9. The molecule has 0 aliphatic carbocycles. The summed E-state index contributed by atoms with van der Waals surface area (Å²) in [5.41, 5.74) is 0. The van der Waals surface area contributed by atoms with Crippen LogP contribution in [-0.4, -0.2) is 4.89 Å². The van der Waals surface area contributed by atoms with Crippen LogP contribution in [0.3, 0.4) is 0 Å². The van der Waals surface area contributed by atoms with Gasteiger partial charge in [0.1, 0.15) is 0 Å². The van der Waals surface area contributed by atoms with Crippen LogP contribution in [0.5, 0.6) is 0 Å². The van der Waals surface area contributed by atoms with Crippen molar-refractivity contribution in [2.45, 2.75) is 103 Å². The average Bonchev–Trinajstić information content (AvgIpc) is 2.46. The fourth-order valence-corrected chi connectivity index (χ4v) is 2.95. The van der Waals surface area contributed by atoms with Gasteiger partial charge in [0.2, 0.25) is 0 Å². The molecule has 1 unspecified atom stereocenters. The van der Waals surface area contributed by atoms with Gasteiger partial charge in [-0.15, -0.1) is 0 Å². The minimum Gasteiger partial charge on any atom is -0.157 e. The lowest BCUT2D eigenvalue weighted by Crippen LogP contribution is -1.83. The zero-order valence-corrected chi connectivity index (χ0v) is 15.0. The molecule has 0 fully saturated rings. The van der Waals surface area contributed by atoms with Gasteiger partial charge in [-0.3, -0.25) is 0 Å². The third kappa shape index (κ3) is 19.8. The number of hydrogen-bond acceptors (Lipinski definition) is 1. The Morgan fingerprint density at radius 3 is 1.48 bits per heavy atom. The van der Waals surface area contributed by atoms with Gasteiger partial charge in [0.15, 0.2) is 5.82 Å². The summed E-state index contributed by atoms with van der Waals surface area (Å²) in [5.74, 6) is 1.40. The summed E-state index contributed by atoms with van der Waals surface area (Å²) >= 11 is 0. The molecule has 0 saturated heterocycles. The molecule has 0 aliphatic heterocycles. The summed E-state index contributed by atoms with van der Waals surface area (Å²) in [5, 5.41) is 0. The SMILES string of the molecule is CCCCCCCCCCCCCCCCC=C[P+](=O)O. The number of unbranched alkanes of at least 4 members (excludes halogenated alkanes) is 14. The molecule has 0 aromatic rings. The second-order valence-corrected chi connectivity index (χ2v) is 6.98. The monoisotopic (exact) mass is 315 g/mol. The lowest BCUT2D eigenvalue weighted by molar-refractivity contribution is 0.512. The van der Waals surface area contributed by atoms with Gasteiger partial charge in [-0.1, -0.05) is 90.4 Å². The predicted octanol–water partition coefficient (Wildman–Crippen LogP) is 7.11. The van der Waals surface area contributed by atoms with Gasteiger partial charge in [0.25, 0.3) is 0 Å². The van der Waals surface area contributed by atoms with Crippen LogP contribution in [-0.2, 0) is 4.57 Å². The Kier molecular flexibility index (Phi) is 17.7. The highest BCUT2D eigenvalue weighted by Crippen LogP contribution is 2.16. The van der Waals surface area contributed by atoms with E-state index >= 15 is 0 Å². The van der Waals surface area contributed by atoms with E-state index in [1.54, 1.807) is 0 Å². The molecule has 0 saturated carbocycles. The summed E-state index contributed by atoms with van der Waals surface area (Å²) in [7, 11) is -2.07. The highest BCUT2D eigenvalue weighted by atomic mass is 31.1. The van der Waals surface area contributed by atoms with E-state index in [1.807, 2.05) is 6.08 Å². The molecule has 0 aromatic carbocycles. The largest absolute Gasteiger partial charge is 0.537 e. The number of rotatable bonds is 16. The van der Waals surface area contributed by atoms with Gasteiger partial charge in [-0.05, 0) is 23.5 Å². The molecule has 0 heterocycles. The molecule has 0 spiro atoms. The zero-order chi connectivity index (χ0) is 15.6. The lowest BCUT2D eigenvalue weighted by atomic mass is 10.0. The second-order valence-electron chi connectivity index (χ2n) is 6.07. The molecule has 1 N–H and O–H groups in total. The van der Waals surface area contributed by atoms with Crippen LogP contribution in [0.15, 0.2) is 11.9 Å². The van der Waals surface area contributed by atoms with Gasteiger partial charge in [0, 0.05) is 0 Å². The molecule has 3 heteroatoms. The maximum Gasteiger partial charge on any atom is 0.537 e. The highest BCUT2D eigenvalue weighted by Gasteiger charge is 1.99. The van der Waals surface area contributed by atoms with Crippen LogP contribution >= 0.6 is 8.03 Å².